The van der Waals surface area contributed by atoms with E-state index in [9.17, 15) is 13.2 Å². The van der Waals surface area contributed by atoms with Crippen LogP contribution in [0.3, 0.4) is 0 Å². The smallest absolute Gasteiger partial charge is 0.252 e. The minimum Gasteiger partial charge on any atom is -0.494 e. The van der Waals surface area contributed by atoms with Gasteiger partial charge in [0.15, 0.2) is 21.5 Å². The molecule has 8 nitrogen and oxygen atoms in total. The van der Waals surface area contributed by atoms with Crippen molar-refractivity contribution in [2.45, 2.75) is 35.9 Å². The van der Waals surface area contributed by atoms with Crippen LogP contribution in [0, 0.1) is 0 Å². The van der Waals surface area contributed by atoms with E-state index in [0.29, 0.717) is 29.9 Å². The first kappa shape index (κ1) is 35.6. The Morgan fingerprint density at radius 3 is 2.13 bits per heavy atom. The van der Waals surface area contributed by atoms with Crippen molar-refractivity contribution in [3.8, 4) is 16.9 Å². The molecule has 0 aliphatic carbocycles. The number of nitrogens with zero attached hydrogens (tertiary/aromatic N) is 1. The summed E-state index contributed by atoms with van der Waals surface area (Å²) in [6.45, 7) is 0.600. The van der Waals surface area contributed by atoms with E-state index in [2.05, 4.69) is 5.32 Å². The van der Waals surface area contributed by atoms with Gasteiger partial charge in [0.2, 0.25) is 5.90 Å². The lowest BCUT2D eigenvalue weighted by atomic mass is 9.84. The summed E-state index contributed by atoms with van der Waals surface area (Å²) in [5.41, 5.74) is 2.60. The van der Waals surface area contributed by atoms with Gasteiger partial charge in [0.05, 0.1) is 17.3 Å². The van der Waals surface area contributed by atoms with E-state index in [0.717, 1.165) is 27.5 Å². The molecule has 9 heteroatoms. The number of amides is 1. The third kappa shape index (κ3) is 7.87. The van der Waals surface area contributed by atoms with Crippen LogP contribution in [0.5, 0.6) is 5.75 Å². The minimum absolute atomic E-state index is 0.0289. The van der Waals surface area contributed by atoms with Crippen LogP contribution in [0.1, 0.15) is 35.6 Å². The van der Waals surface area contributed by atoms with Gasteiger partial charge in [-0.3, -0.25) is 4.79 Å². The first-order chi connectivity index (χ1) is 25.9. The number of aliphatic hydroxyl groups is 1. The number of aliphatic imine (C=N–C) groups is 1. The number of hydrogen-bond acceptors (Lipinski definition) is 7. The maximum absolute atomic E-state index is 14.8. The molecular formula is C44H40N2O6S. The second-order valence-electron chi connectivity index (χ2n) is 13.0. The van der Waals surface area contributed by atoms with E-state index in [1.54, 1.807) is 54.6 Å². The first-order valence-electron chi connectivity index (χ1n) is 17.6. The Morgan fingerprint density at radius 1 is 0.755 bits per heavy atom. The minimum atomic E-state index is -3.80. The molecule has 1 aliphatic heterocycles. The van der Waals surface area contributed by atoms with Crippen molar-refractivity contribution >= 4 is 32.4 Å². The van der Waals surface area contributed by atoms with Crippen molar-refractivity contribution in [3.05, 3.63) is 168 Å². The van der Waals surface area contributed by atoms with Gasteiger partial charge < -0.3 is 19.9 Å². The molecule has 268 valence electrons. The number of benzene rings is 6. The van der Waals surface area contributed by atoms with Crippen LogP contribution in [-0.4, -0.2) is 49.8 Å². The van der Waals surface area contributed by atoms with Gasteiger partial charge in [0.1, 0.15) is 5.75 Å². The molecule has 6 aromatic carbocycles. The topological polar surface area (TPSA) is 114 Å². The molecule has 0 unspecified atom stereocenters. The zero-order valence-electron chi connectivity index (χ0n) is 29.1. The molecule has 0 fully saturated rings. The number of fused-ring (bicyclic) bond motifs is 1. The monoisotopic (exact) mass is 724 g/mol. The molecule has 2 N–H and O–H groups in total. The quantitative estimate of drug-likeness (QED) is 0.111. The average molecular weight is 725 g/mol. The molecule has 6 aromatic rings. The predicted octanol–water partition coefficient (Wildman–Crippen LogP) is 7.71. The number of ether oxygens (including phenoxy) is 2. The van der Waals surface area contributed by atoms with Gasteiger partial charge in [-0.1, -0.05) is 115 Å². The Kier molecular flexibility index (Phi) is 10.7. The molecule has 1 aliphatic rings. The van der Waals surface area contributed by atoms with E-state index in [1.807, 2.05) is 97.1 Å². The number of hydrogen-bond donors (Lipinski definition) is 2. The van der Waals surface area contributed by atoms with Gasteiger partial charge in [-0.25, -0.2) is 13.4 Å². The third-order valence-corrected chi connectivity index (χ3v) is 11.3. The van der Waals surface area contributed by atoms with Crippen molar-refractivity contribution in [2.24, 2.45) is 4.99 Å². The molecule has 1 heterocycles. The van der Waals surface area contributed by atoms with E-state index in [1.165, 1.54) is 0 Å². The number of aliphatic hydroxyl groups excluding tert-OH is 1. The number of carbonyl (C=O) groups is 1. The van der Waals surface area contributed by atoms with Crippen LogP contribution in [0.25, 0.3) is 21.9 Å². The second-order valence-corrected chi connectivity index (χ2v) is 15.1. The molecule has 53 heavy (non-hydrogen) atoms. The first-order valence-corrected chi connectivity index (χ1v) is 19.3. The van der Waals surface area contributed by atoms with Crippen LogP contribution in [0.2, 0.25) is 0 Å². The van der Waals surface area contributed by atoms with Gasteiger partial charge >= 0.3 is 0 Å². The highest BCUT2D eigenvalue weighted by molar-refractivity contribution is 7.91. The summed E-state index contributed by atoms with van der Waals surface area (Å²) in [7, 11) is -3.80. The molecule has 0 aromatic heterocycles. The Hall–Kier alpha value is -5.77. The molecule has 1 amide bonds. The van der Waals surface area contributed by atoms with E-state index >= 15 is 0 Å². The Balaban J connectivity index is 1.29. The molecule has 0 spiro atoms. The number of nitrogens with one attached hydrogen (secondary N) is 1. The lowest BCUT2D eigenvalue weighted by molar-refractivity contribution is -0.129. The largest absolute Gasteiger partial charge is 0.494 e. The standard InChI is InChI=1S/C44H40N2O6S/c47-28-10-29-51-38-25-23-36(24-26-38)42-46-44(27-30-53(49,50)39-16-5-2-6-17-39,43(48)45-31-37-15-9-14-34-13-7-8-18-40(34)37)41(52-42)35-21-19-33(20-22-35)32-11-3-1-4-12-32/h1-9,11-26,41,47H,10,27-31H2,(H,45,48)/t41-,44-/m1/s1. The normalized spacial score (nSPS) is 16.8. The average Bonchev–Trinajstić information content (AvgIpc) is 3.61. The Bertz CT molecular complexity index is 2310. The zero-order chi connectivity index (χ0) is 36.7. The maximum atomic E-state index is 14.8. The van der Waals surface area contributed by atoms with Crippen LogP contribution >= 0.6 is 0 Å². The molecule has 0 bridgehead atoms. The van der Waals surface area contributed by atoms with Gasteiger partial charge in [0, 0.05) is 31.6 Å². The Morgan fingerprint density at radius 2 is 1.40 bits per heavy atom. The molecule has 0 saturated carbocycles. The summed E-state index contributed by atoms with van der Waals surface area (Å²) >= 11 is 0. The summed E-state index contributed by atoms with van der Waals surface area (Å²) in [4.78, 5) is 20.1. The second kappa shape index (κ2) is 15.9. The molecular weight excluding hydrogens is 685 g/mol. The SMILES string of the molecule is O=C(NCc1cccc2ccccc12)[C@]1(CCS(=O)(=O)c2ccccc2)N=C(c2ccc(OCCCO)cc2)O[C@@H]1c1ccc(-c2ccccc2)cc1. The highest BCUT2D eigenvalue weighted by Gasteiger charge is 2.53. The summed E-state index contributed by atoms with van der Waals surface area (Å²) in [6, 6.07) is 47.1. The summed E-state index contributed by atoms with van der Waals surface area (Å²) < 4.78 is 39.9. The van der Waals surface area contributed by atoms with Crippen LogP contribution in [0.15, 0.2) is 162 Å². The lowest BCUT2D eigenvalue weighted by Gasteiger charge is -2.31. The van der Waals surface area contributed by atoms with Crippen molar-refractivity contribution in [2.75, 3.05) is 19.0 Å². The van der Waals surface area contributed by atoms with Gasteiger partial charge in [-0.15, -0.1) is 0 Å². The van der Waals surface area contributed by atoms with Crippen LogP contribution in [-0.2, 0) is 25.9 Å². The van der Waals surface area contributed by atoms with Gasteiger partial charge in [0.25, 0.3) is 5.91 Å². The third-order valence-electron chi connectivity index (χ3n) is 9.52. The number of sulfone groups is 1. The molecule has 2 atom stereocenters. The zero-order valence-corrected chi connectivity index (χ0v) is 29.9. The van der Waals surface area contributed by atoms with Crippen molar-refractivity contribution in [3.63, 3.8) is 0 Å². The van der Waals surface area contributed by atoms with Crippen molar-refractivity contribution < 1.29 is 27.8 Å². The fourth-order valence-corrected chi connectivity index (χ4v) is 8.05. The number of carbonyl (C=O) groups excluding carboxylic acids is 1. The van der Waals surface area contributed by atoms with Gasteiger partial charge in [-0.05, 0) is 69.4 Å². The highest BCUT2D eigenvalue weighted by atomic mass is 32.2. The Labute approximate surface area is 309 Å². The van der Waals surface area contributed by atoms with Gasteiger partial charge in [-0.2, -0.15) is 0 Å². The fraction of sp³-hybridized carbons (Fsp3) is 0.182. The van der Waals surface area contributed by atoms with Crippen molar-refractivity contribution in [1.29, 1.82) is 0 Å². The van der Waals surface area contributed by atoms with E-state index < -0.39 is 27.4 Å². The highest BCUT2D eigenvalue weighted by Crippen LogP contribution is 2.44. The molecule has 0 radical (unpaired) electrons. The fourth-order valence-electron chi connectivity index (χ4n) is 6.66. The maximum Gasteiger partial charge on any atom is 0.252 e. The van der Waals surface area contributed by atoms with Crippen LogP contribution in [0.4, 0.5) is 0 Å². The van der Waals surface area contributed by atoms with Crippen molar-refractivity contribution in [1.82, 2.24) is 5.32 Å². The predicted molar refractivity (Wildman–Crippen MR) is 208 cm³/mol. The number of rotatable bonds is 14. The summed E-state index contributed by atoms with van der Waals surface area (Å²) in [6.07, 6.45) is -0.575. The van der Waals surface area contributed by atoms with E-state index in [4.69, 9.17) is 19.6 Å². The lowest BCUT2D eigenvalue weighted by Crippen LogP contribution is -2.49. The summed E-state index contributed by atoms with van der Waals surface area (Å²) in [5.74, 6) is 0.0582. The molecule has 7 rings (SSSR count). The molecule has 0 saturated heterocycles. The van der Waals surface area contributed by atoms with E-state index in [-0.39, 0.29) is 36.1 Å². The summed E-state index contributed by atoms with van der Waals surface area (Å²) in [5, 5.41) is 14.3. The van der Waals surface area contributed by atoms with Crippen LogP contribution < -0.4 is 10.1 Å².